The summed E-state index contributed by atoms with van der Waals surface area (Å²) in [6.45, 7) is 7.08. The summed E-state index contributed by atoms with van der Waals surface area (Å²) in [4.78, 5) is 32.0. The number of amides is 2. The summed E-state index contributed by atoms with van der Waals surface area (Å²) in [6, 6.07) is 3.41. The van der Waals surface area contributed by atoms with Gasteiger partial charge in [-0.25, -0.2) is 14.6 Å². The monoisotopic (exact) mass is 362 g/mol. The maximum atomic E-state index is 12.4. The molecule has 142 valence electrons. The SMILES string of the molecule is CC(C)(C)OC(=O)N1CCCC2(CC1)CN(c1ccc(N)nc1)C(=O)O2. The quantitative estimate of drug-likeness (QED) is 0.825. The second kappa shape index (κ2) is 6.66. The molecule has 0 aromatic carbocycles. The third-order valence-corrected chi connectivity index (χ3v) is 4.60. The van der Waals surface area contributed by atoms with E-state index in [1.807, 2.05) is 20.8 Å². The molecule has 26 heavy (non-hydrogen) atoms. The molecule has 3 rings (SSSR count). The second-order valence-electron chi connectivity index (χ2n) is 7.90. The number of aromatic nitrogens is 1. The molecule has 2 N–H and O–H groups in total. The normalized spacial score (nSPS) is 23.7. The van der Waals surface area contributed by atoms with Gasteiger partial charge in [-0.05, 0) is 45.7 Å². The minimum absolute atomic E-state index is 0.321. The Balaban J connectivity index is 1.67. The zero-order chi connectivity index (χ0) is 18.9. The van der Waals surface area contributed by atoms with E-state index < -0.39 is 11.2 Å². The fourth-order valence-electron chi connectivity index (χ4n) is 3.32. The molecule has 2 saturated heterocycles. The van der Waals surface area contributed by atoms with Crippen molar-refractivity contribution >= 4 is 23.7 Å². The van der Waals surface area contributed by atoms with Crippen LogP contribution in [0.1, 0.15) is 40.0 Å². The van der Waals surface area contributed by atoms with Crippen LogP contribution in [0.25, 0.3) is 0 Å². The fourth-order valence-corrected chi connectivity index (χ4v) is 3.32. The summed E-state index contributed by atoms with van der Waals surface area (Å²) < 4.78 is 11.2. The van der Waals surface area contributed by atoms with Gasteiger partial charge in [-0.1, -0.05) is 0 Å². The molecule has 1 spiro atoms. The zero-order valence-electron chi connectivity index (χ0n) is 15.5. The van der Waals surface area contributed by atoms with Crippen molar-refractivity contribution in [1.82, 2.24) is 9.88 Å². The average molecular weight is 362 g/mol. The number of anilines is 2. The van der Waals surface area contributed by atoms with Crippen molar-refractivity contribution in [3.63, 3.8) is 0 Å². The standard InChI is InChI=1S/C18H26N4O4/c1-17(2,3)25-15(23)21-9-4-7-18(8-10-21)12-22(16(24)26-18)13-5-6-14(19)20-11-13/h5-6,11H,4,7-10,12H2,1-3H3,(H2,19,20). The van der Waals surface area contributed by atoms with Crippen molar-refractivity contribution in [1.29, 1.82) is 0 Å². The van der Waals surface area contributed by atoms with Crippen molar-refractivity contribution < 1.29 is 19.1 Å². The van der Waals surface area contributed by atoms with E-state index in [-0.39, 0.29) is 12.2 Å². The molecule has 2 aliphatic heterocycles. The number of nitrogen functional groups attached to an aromatic ring is 1. The van der Waals surface area contributed by atoms with Crippen LogP contribution in [0, 0.1) is 0 Å². The smallest absolute Gasteiger partial charge is 0.415 e. The minimum atomic E-state index is -0.588. The number of rotatable bonds is 1. The van der Waals surface area contributed by atoms with E-state index in [1.165, 1.54) is 0 Å². The minimum Gasteiger partial charge on any atom is -0.444 e. The van der Waals surface area contributed by atoms with Crippen molar-refractivity contribution in [2.45, 2.75) is 51.2 Å². The van der Waals surface area contributed by atoms with E-state index in [0.29, 0.717) is 44.0 Å². The Morgan fingerprint density at radius 1 is 1.31 bits per heavy atom. The summed E-state index contributed by atoms with van der Waals surface area (Å²) in [5, 5.41) is 0. The summed E-state index contributed by atoms with van der Waals surface area (Å²) in [7, 11) is 0. The highest BCUT2D eigenvalue weighted by Crippen LogP contribution is 2.35. The third-order valence-electron chi connectivity index (χ3n) is 4.60. The van der Waals surface area contributed by atoms with Crippen LogP contribution in [0.3, 0.4) is 0 Å². The van der Waals surface area contributed by atoms with Crippen LogP contribution in [0.15, 0.2) is 18.3 Å². The van der Waals surface area contributed by atoms with Crippen LogP contribution in [-0.2, 0) is 9.47 Å². The summed E-state index contributed by atoms with van der Waals surface area (Å²) >= 11 is 0. The van der Waals surface area contributed by atoms with Crippen molar-refractivity contribution in [3.05, 3.63) is 18.3 Å². The van der Waals surface area contributed by atoms with Gasteiger partial charge >= 0.3 is 12.2 Å². The number of nitrogens with zero attached hydrogens (tertiary/aromatic N) is 3. The van der Waals surface area contributed by atoms with E-state index in [1.54, 1.807) is 28.1 Å². The Hall–Kier alpha value is -2.51. The molecule has 2 aliphatic rings. The van der Waals surface area contributed by atoms with Crippen LogP contribution in [0.2, 0.25) is 0 Å². The molecule has 1 atom stereocenters. The summed E-state index contributed by atoms with van der Waals surface area (Å²) in [5.41, 5.74) is 5.15. The first kappa shape index (κ1) is 18.3. The fraction of sp³-hybridized carbons (Fsp3) is 0.611. The van der Waals surface area contributed by atoms with Crippen molar-refractivity contribution in [2.24, 2.45) is 0 Å². The highest BCUT2D eigenvalue weighted by Gasteiger charge is 2.47. The van der Waals surface area contributed by atoms with Crippen LogP contribution >= 0.6 is 0 Å². The molecule has 1 aromatic heterocycles. The Bertz CT molecular complexity index is 685. The van der Waals surface area contributed by atoms with Crippen molar-refractivity contribution in [3.8, 4) is 0 Å². The number of ether oxygens (including phenoxy) is 2. The second-order valence-corrected chi connectivity index (χ2v) is 7.90. The predicted molar refractivity (Wildman–Crippen MR) is 96.9 cm³/mol. The van der Waals surface area contributed by atoms with Gasteiger partial charge in [0.15, 0.2) is 0 Å². The molecule has 0 bridgehead atoms. The van der Waals surface area contributed by atoms with Gasteiger partial charge < -0.3 is 20.1 Å². The Labute approximate surface area is 153 Å². The summed E-state index contributed by atoms with van der Waals surface area (Å²) in [6.07, 6.45) is 2.90. The van der Waals surface area contributed by atoms with Gasteiger partial charge in [0.1, 0.15) is 17.0 Å². The molecule has 1 aromatic rings. The largest absolute Gasteiger partial charge is 0.444 e. The van der Waals surface area contributed by atoms with Gasteiger partial charge in [0.05, 0.1) is 18.4 Å². The lowest BCUT2D eigenvalue weighted by Gasteiger charge is -2.27. The number of hydrogen-bond acceptors (Lipinski definition) is 6. The van der Waals surface area contributed by atoms with E-state index >= 15 is 0 Å². The van der Waals surface area contributed by atoms with Crippen LogP contribution < -0.4 is 10.6 Å². The predicted octanol–water partition coefficient (Wildman–Crippen LogP) is 2.78. The molecule has 3 heterocycles. The highest BCUT2D eigenvalue weighted by atomic mass is 16.6. The maximum absolute atomic E-state index is 12.4. The Morgan fingerprint density at radius 3 is 2.73 bits per heavy atom. The molecule has 8 heteroatoms. The number of carbonyl (C=O) groups excluding carboxylic acids is 2. The molecular weight excluding hydrogens is 336 g/mol. The van der Waals surface area contributed by atoms with Gasteiger partial charge in [-0.15, -0.1) is 0 Å². The number of likely N-dealkylation sites (tertiary alicyclic amines) is 1. The average Bonchev–Trinajstić information content (AvgIpc) is 2.73. The lowest BCUT2D eigenvalue weighted by molar-refractivity contribution is 0.0217. The molecule has 2 fully saturated rings. The van der Waals surface area contributed by atoms with Crippen LogP contribution in [-0.4, -0.2) is 52.9 Å². The first-order valence-corrected chi connectivity index (χ1v) is 8.87. The molecule has 1 unspecified atom stereocenters. The van der Waals surface area contributed by atoms with Crippen LogP contribution in [0.4, 0.5) is 21.1 Å². The van der Waals surface area contributed by atoms with E-state index in [0.717, 1.165) is 6.42 Å². The molecule has 0 aliphatic carbocycles. The van der Waals surface area contributed by atoms with E-state index in [2.05, 4.69) is 4.98 Å². The lowest BCUT2D eigenvalue weighted by Crippen LogP contribution is -2.39. The first-order chi connectivity index (χ1) is 12.2. The first-order valence-electron chi connectivity index (χ1n) is 8.87. The molecule has 2 amide bonds. The summed E-state index contributed by atoms with van der Waals surface area (Å²) in [5.74, 6) is 0.401. The molecule has 8 nitrogen and oxygen atoms in total. The van der Waals surface area contributed by atoms with Gasteiger partial charge in [-0.3, -0.25) is 4.90 Å². The topological polar surface area (TPSA) is 98.0 Å². The highest BCUT2D eigenvalue weighted by molar-refractivity contribution is 5.90. The Kier molecular flexibility index (Phi) is 4.68. The maximum Gasteiger partial charge on any atom is 0.415 e. The van der Waals surface area contributed by atoms with Gasteiger partial charge in [0, 0.05) is 19.5 Å². The number of pyridine rings is 1. The molecular formula is C18H26N4O4. The number of nitrogens with two attached hydrogens (primary N) is 1. The van der Waals surface area contributed by atoms with E-state index in [9.17, 15) is 9.59 Å². The zero-order valence-corrected chi connectivity index (χ0v) is 15.5. The van der Waals surface area contributed by atoms with E-state index in [4.69, 9.17) is 15.2 Å². The lowest BCUT2D eigenvalue weighted by atomic mass is 9.95. The van der Waals surface area contributed by atoms with Gasteiger partial charge in [-0.2, -0.15) is 0 Å². The van der Waals surface area contributed by atoms with Crippen LogP contribution in [0.5, 0.6) is 0 Å². The van der Waals surface area contributed by atoms with Gasteiger partial charge in [0.25, 0.3) is 0 Å². The van der Waals surface area contributed by atoms with Crippen molar-refractivity contribution in [2.75, 3.05) is 30.3 Å². The number of carbonyl (C=O) groups is 2. The molecule has 0 saturated carbocycles. The number of hydrogen-bond donors (Lipinski definition) is 1. The molecule has 0 radical (unpaired) electrons. The van der Waals surface area contributed by atoms with Gasteiger partial charge in [0.2, 0.25) is 0 Å². The third kappa shape index (κ3) is 4.00. The Morgan fingerprint density at radius 2 is 2.08 bits per heavy atom.